The summed E-state index contributed by atoms with van der Waals surface area (Å²) < 4.78 is 5.63. The van der Waals surface area contributed by atoms with E-state index in [4.69, 9.17) is 9.57 Å². The Bertz CT molecular complexity index is 986. The summed E-state index contributed by atoms with van der Waals surface area (Å²) in [5.41, 5.74) is 1.38. The number of carbonyl (C=O) groups is 3. The first-order chi connectivity index (χ1) is 13.0. The van der Waals surface area contributed by atoms with Gasteiger partial charge in [0.25, 0.3) is 5.91 Å². The highest BCUT2D eigenvalue weighted by molar-refractivity contribution is 9.10. The number of hydrogen-bond acceptors (Lipinski definition) is 6. The van der Waals surface area contributed by atoms with Gasteiger partial charge in [-0.15, -0.1) is 0 Å². The molecule has 1 saturated heterocycles. The molecule has 0 aliphatic carbocycles. The zero-order chi connectivity index (χ0) is 19.1. The first kappa shape index (κ1) is 17.4. The summed E-state index contributed by atoms with van der Waals surface area (Å²) in [5.74, 6) is -2.53. The molecule has 0 aromatic heterocycles. The Kier molecular flexibility index (Phi) is 4.27. The van der Waals surface area contributed by atoms with Crippen molar-refractivity contribution in [3.63, 3.8) is 0 Å². The molecule has 0 spiro atoms. The number of halogens is 1. The molecule has 4 rings (SSSR count). The van der Waals surface area contributed by atoms with Crippen LogP contribution in [0.1, 0.15) is 15.9 Å². The van der Waals surface area contributed by atoms with E-state index in [9.17, 15) is 14.4 Å². The molecule has 2 aromatic rings. The second-order valence-electron chi connectivity index (χ2n) is 6.01. The Morgan fingerprint density at radius 3 is 2.52 bits per heavy atom. The van der Waals surface area contributed by atoms with Crippen LogP contribution in [0.3, 0.4) is 0 Å². The monoisotopic (exact) mass is 428 g/mol. The first-order valence-corrected chi connectivity index (χ1v) is 8.87. The van der Waals surface area contributed by atoms with E-state index in [1.54, 1.807) is 24.3 Å². The van der Waals surface area contributed by atoms with Gasteiger partial charge in [0.1, 0.15) is 11.6 Å². The molecule has 27 heavy (non-hydrogen) atoms. The second-order valence-corrected chi connectivity index (χ2v) is 6.92. The molecule has 0 N–H and O–H groups in total. The van der Waals surface area contributed by atoms with E-state index in [0.717, 1.165) is 9.37 Å². The molecular formula is C19H13BrN2O5. The maximum Gasteiger partial charge on any atom is 0.339 e. The summed E-state index contributed by atoms with van der Waals surface area (Å²) in [6.45, 7) is 0. The predicted octanol–water partition coefficient (Wildman–Crippen LogP) is 2.53. The highest BCUT2D eigenvalue weighted by atomic mass is 79.9. The van der Waals surface area contributed by atoms with Gasteiger partial charge in [-0.05, 0) is 24.3 Å². The molecule has 136 valence electrons. The van der Waals surface area contributed by atoms with Gasteiger partial charge in [0.05, 0.1) is 18.4 Å². The van der Waals surface area contributed by atoms with Gasteiger partial charge in [-0.25, -0.2) is 9.69 Å². The van der Waals surface area contributed by atoms with Crippen molar-refractivity contribution in [2.45, 2.75) is 6.10 Å². The Hall–Kier alpha value is -3.00. The molecule has 1 fully saturated rings. The number of fused-ring (bicyclic) bond motifs is 1. The van der Waals surface area contributed by atoms with Gasteiger partial charge >= 0.3 is 5.97 Å². The molecule has 2 atom stereocenters. The number of imide groups is 1. The lowest BCUT2D eigenvalue weighted by atomic mass is 9.94. The normalized spacial score (nSPS) is 21.0. The van der Waals surface area contributed by atoms with Crippen molar-refractivity contribution < 1.29 is 24.0 Å². The van der Waals surface area contributed by atoms with Crippen molar-refractivity contribution in [2.75, 3.05) is 12.0 Å². The van der Waals surface area contributed by atoms with Crippen molar-refractivity contribution in [1.29, 1.82) is 0 Å². The van der Waals surface area contributed by atoms with Crippen LogP contribution in [0.2, 0.25) is 0 Å². The number of esters is 1. The standard InChI is InChI=1S/C19H13BrN2O5/c1-26-19(25)12-4-2-3-5-13(12)22-17(23)14-15(21-27-16(14)18(22)24)10-6-8-11(20)9-7-10/h2-9,14,16H,1H3/t14-,16+/m0/s1. The fourth-order valence-corrected chi connectivity index (χ4v) is 3.49. The minimum Gasteiger partial charge on any atom is -0.465 e. The third kappa shape index (κ3) is 2.73. The zero-order valence-electron chi connectivity index (χ0n) is 14.1. The van der Waals surface area contributed by atoms with Crippen LogP contribution in [-0.4, -0.2) is 36.7 Å². The molecule has 0 saturated carbocycles. The third-order valence-corrected chi connectivity index (χ3v) is 5.03. The summed E-state index contributed by atoms with van der Waals surface area (Å²) in [7, 11) is 1.24. The van der Waals surface area contributed by atoms with Crippen LogP contribution in [-0.2, 0) is 19.2 Å². The number of amides is 2. The molecule has 2 amide bonds. The SMILES string of the molecule is COC(=O)c1ccccc1N1C(=O)[C@H]2C(c3ccc(Br)cc3)=NO[C@H]2C1=O. The van der Waals surface area contributed by atoms with Crippen LogP contribution >= 0.6 is 15.9 Å². The number of ether oxygens (including phenoxy) is 1. The number of rotatable bonds is 3. The van der Waals surface area contributed by atoms with Crippen LogP contribution in [0.5, 0.6) is 0 Å². The molecular weight excluding hydrogens is 416 g/mol. The number of benzene rings is 2. The van der Waals surface area contributed by atoms with Crippen LogP contribution in [0.25, 0.3) is 0 Å². The number of carbonyl (C=O) groups excluding carboxylic acids is 3. The molecule has 2 aromatic carbocycles. The zero-order valence-corrected chi connectivity index (χ0v) is 15.7. The van der Waals surface area contributed by atoms with Crippen molar-refractivity contribution in [3.05, 3.63) is 64.1 Å². The Morgan fingerprint density at radius 2 is 1.81 bits per heavy atom. The Balaban J connectivity index is 1.73. The van der Waals surface area contributed by atoms with Gasteiger partial charge in [0.2, 0.25) is 12.0 Å². The van der Waals surface area contributed by atoms with Gasteiger partial charge in [-0.1, -0.05) is 45.4 Å². The van der Waals surface area contributed by atoms with Crippen LogP contribution < -0.4 is 4.90 Å². The average molecular weight is 429 g/mol. The van der Waals surface area contributed by atoms with Gasteiger partial charge in [-0.3, -0.25) is 9.59 Å². The lowest BCUT2D eigenvalue weighted by molar-refractivity contribution is -0.126. The predicted molar refractivity (Wildman–Crippen MR) is 99.3 cm³/mol. The lowest BCUT2D eigenvalue weighted by Crippen LogP contribution is -2.34. The van der Waals surface area contributed by atoms with Crippen LogP contribution in [0.4, 0.5) is 5.69 Å². The fourth-order valence-electron chi connectivity index (χ4n) is 3.23. The van der Waals surface area contributed by atoms with Gasteiger partial charge in [-0.2, -0.15) is 0 Å². The van der Waals surface area contributed by atoms with E-state index in [2.05, 4.69) is 21.1 Å². The minimum absolute atomic E-state index is 0.129. The topological polar surface area (TPSA) is 85.3 Å². The third-order valence-electron chi connectivity index (χ3n) is 4.50. The van der Waals surface area contributed by atoms with Crippen molar-refractivity contribution in [3.8, 4) is 0 Å². The highest BCUT2D eigenvalue weighted by Gasteiger charge is 2.56. The van der Waals surface area contributed by atoms with E-state index >= 15 is 0 Å². The number of oxime groups is 1. The summed E-state index contributed by atoms with van der Waals surface area (Å²) in [5, 5.41) is 3.96. The fraction of sp³-hybridized carbons (Fsp3) is 0.158. The van der Waals surface area contributed by atoms with Crippen molar-refractivity contribution in [2.24, 2.45) is 11.1 Å². The van der Waals surface area contributed by atoms with E-state index in [0.29, 0.717) is 11.3 Å². The van der Waals surface area contributed by atoms with Crippen molar-refractivity contribution >= 4 is 45.1 Å². The van der Waals surface area contributed by atoms with E-state index in [1.165, 1.54) is 19.2 Å². The van der Waals surface area contributed by atoms with Gasteiger partial charge in [0, 0.05) is 10.0 Å². The molecule has 7 nitrogen and oxygen atoms in total. The largest absolute Gasteiger partial charge is 0.465 e. The lowest BCUT2D eigenvalue weighted by Gasteiger charge is -2.18. The van der Waals surface area contributed by atoms with Gasteiger partial charge in [0.15, 0.2) is 0 Å². The van der Waals surface area contributed by atoms with Gasteiger partial charge < -0.3 is 9.57 Å². The maximum atomic E-state index is 13.1. The van der Waals surface area contributed by atoms with Crippen LogP contribution in [0.15, 0.2) is 58.2 Å². The Morgan fingerprint density at radius 1 is 1.11 bits per heavy atom. The second kappa shape index (κ2) is 6.62. The number of methoxy groups -OCH3 is 1. The maximum absolute atomic E-state index is 13.1. The molecule has 2 heterocycles. The number of nitrogens with zero attached hydrogens (tertiary/aromatic N) is 2. The number of anilines is 1. The summed E-state index contributed by atoms with van der Waals surface area (Å²) in [6.07, 6.45) is -1.04. The summed E-state index contributed by atoms with van der Waals surface area (Å²) in [4.78, 5) is 44.2. The minimum atomic E-state index is -1.04. The van der Waals surface area contributed by atoms with Crippen LogP contribution in [0, 0.1) is 5.92 Å². The van der Waals surface area contributed by atoms with E-state index in [-0.39, 0.29) is 11.3 Å². The van der Waals surface area contributed by atoms with E-state index in [1.807, 2.05) is 12.1 Å². The summed E-state index contributed by atoms with van der Waals surface area (Å²) in [6, 6.07) is 13.5. The quantitative estimate of drug-likeness (QED) is 0.553. The smallest absolute Gasteiger partial charge is 0.339 e. The van der Waals surface area contributed by atoms with E-state index < -0.39 is 29.8 Å². The molecule has 0 bridgehead atoms. The van der Waals surface area contributed by atoms with Crippen molar-refractivity contribution in [1.82, 2.24) is 0 Å². The molecule has 0 unspecified atom stereocenters. The highest BCUT2D eigenvalue weighted by Crippen LogP contribution is 2.36. The molecule has 8 heteroatoms. The molecule has 0 radical (unpaired) electrons. The summed E-state index contributed by atoms with van der Waals surface area (Å²) >= 11 is 3.36. The Labute approximate surface area is 162 Å². The first-order valence-electron chi connectivity index (χ1n) is 8.07. The number of hydrogen-bond donors (Lipinski definition) is 0. The molecule has 2 aliphatic heterocycles. The average Bonchev–Trinajstić information content (AvgIpc) is 3.22. The number of para-hydroxylation sites is 1. The molecule has 2 aliphatic rings.